The number of thiocarbonyl (C=S) groups is 1. The molecule has 51 heavy (non-hydrogen) atoms. The maximum atomic E-state index is 13.8. The zero-order valence-electron chi connectivity index (χ0n) is 28.4. The van der Waals surface area contributed by atoms with Crippen LogP contribution in [0.5, 0.6) is 0 Å². The number of fused-ring (bicyclic) bond motifs is 3. The van der Waals surface area contributed by atoms with Crippen molar-refractivity contribution in [1.29, 1.82) is 0 Å². The Morgan fingerprint density at radius 1 is 0.961 bits per heavy atom. The fourth-order valence-electron chi connectivity index (χ4n) is 8.01. The van der Waals surface area contributed by atoms with Crippen LogP contribution in [-0.4, -0.2) is 53.9 Å². The fraction of sp³-hybridized carbons (Fsp3) is 0.308. The zero-order valence-corrected chi connectivity index (χ0v) is 30.9. The Labute approximate surface area is 308 Å². The van der Waals surface area contributed by atoms with Gasteiger partial charge in [-0.25, -0.2) is 4.79 Å². The molecule has 1 saturated carbocycles. The molecule has 2 N–H and O–H groups in total. The minimum Gasteiger partial charge on any atom is -0.481 e. The van der Waals surface area contributed by atoms with Crippen LogP contribution in [0, 0.1) is 0 Å². The van der Waals surface area contributed by atoms with E-state index in [1.54, 1.807) is 13.0 Å². The van der Waals surface area contributed by atoms with Gasteiger partial charge in [-0.2, -0.15) is 0 Å². The van der Waals surface area contributed by atoms with E-state index in [0.29, 0.717) is 12.1 Å². The van der Waals surface area contributed by atoms with Gasteiger partial charge in [0.05, 0.1) is 16.5 Å². The van der Waals surface area contributed by atoms with E-state index in [2.05, 4.69) is 67.3 Å². The molecule has 262 valence electrons. The molecule has 3 heterocycles. The number of para-hydroxylation sites is 1. The molecule has 0 bridgehead atoms. The van der Waals surface area contributed by atoms with Crippen LogP contribution in [0.4, 0.5) is 11.4 Å². The topological polar surface area (TPSA) is 120 Å². The number of nitrogens with zero attached hydrogens (tertiary/aromatic N) is 3. The van der Waals surface area contributed by atoms with Gasteiger partial charge in [0.1, 0.15) is 19.9 Å². The van der Waals surface area contributed by atoms with Gasteiger partial charge >= 0.3 is 11.9 Å². The van der Waals surface area contributed by atoms with E-state index < -0.39 is 35.9 Å². The number of amides is 1. The molecule has 3 atom stereocenters. The Morgan fingerprint density at radius 2 is 1.65 bits per heavy atom. The molecule has 3 unspecified atom stereocenters. The Kier molecular flexibility index (Phi) is 9.05. The Morgan fingerprint density at radius 3 is 2.29 bits per heavy atom. The molecular weight excluding hydrogens is 703 g/mol. The molecule has 4 aromatic rings. The van der Waals surface area contributed by atoms with Gasteiger partial charge in [0.15, 0.2) is 0 Å². The molecule has 1 aromatic heterocycles. The summed E-state index contributed by atoms with van der Waals surface area (Å²) in [5.41, 5.74) is 5.84. The number of aliphatic carboxylic acids is 2. The summed E-state index contributed by atoms with van der Waals surface area (Å²) in [5.74, 6) is -3.30. The number of carbonyl (C=O) groups excluding carboxylic acids is 1. The van der Waals surface area contributed by atoms with Crippen LogP contribution >= 0.6 is 35.3 Å². The van der Waals surface area contributed by atoms with E-state index in [0.717, 1.165) is 51.6 Å². The molecule has 0 spiro atoms. The largest absolute Gasteiger partial charge is 0.481 e. The van der Waals surface area contributed by atoms with Gasteiger partial charge in [-0.05, 0) is 79.3 Å². The maximum absolute atomic E-state index is 13.8. The van der Waals surface area contributed by atoms with E-state index in [4.69, 9.17) is 12.2 Å². The van der Waals surface area contributed by atoms with E-state index in [1.165, 1.54) is 34.7 Å². The third-order valence-corrected chi connectivity index (χ3v) is 13.5. The highest BCUT2D eigenvalue weighted by molar-refractivity contribution is 8.30. The number of carbonyl (C=O) groups is 3. The lowest BCUT2D eigenvalue weighted by Crippen LogP contribution is -2.54. The maximum Gasteiger partial charge on any atom is 0.327 e. The summed E-state index contributed by atoms with van der Waals surface area (Å²) in [5, 5.41) is 19.5. The van der Waals surface area contributed by atoms with Gasteiger partial charge in [-0.1, -0.05) is 92.3 Å². The van der Waals surface area contributed by atoms with Gasteiger partial charge in [0.2, 0.25) is 0 Å². The number of thiazole rings is 1. The summed E-state index contributed by atoms with van der Waals surface area (Å²) in [4.78, 5) is 55.0. The minimum absolute atomic E-state index is 0.0275. The van der Waals surface area contributed by atoms with Gasteiger partial charge in [0.25, 0.3) is 11.5 Å². The van der Waals surface area contributed by atoms with Crippen molar-refractivity contribution in [3.63, 3.8) is 0 Å². The number of anilines is 2. The summed E-state index contributed by atoms with van der Waals surface area (Å²) < 4.78 is 1.47. The lowest BCUT2D eigenvalue weighted by molar-refractivity contribution is -0.147. The van der Waals surface area contributed by atoms with Crippen LogP contribution in [0.3, 0.4) is 0 Å². The monoisotopic (exact) mass is 739 g/mol. The first kappa shape index (κ1) is 34.9. The van der Waals surface area contributed by atoms with Crippen molar-refractivity contribution in [2.45, 2.75) is 69.9 Å². The van der Waals surface area contributed by atoms with Crippen LogP contribution in [0.2, 0.25) is 0 Å². The number of thioether (sulfide) groups is 1. The molecule has 7 rings (SSSR count). The Balaban J connectivity index is 1.29. The first-order valence-electron chi connectivity index (χ1n) is 16.9. The number of carboxylic acid groups (broad SMARTS) is 2. The molecule has 1 amide bonds. The fourth-order valence-corrected chi connectivity index (χ4v) is 10.7. The zero-order chi connectivity index (χ0) is 36.2. The number of benzene rings is 3. The van der Waals surface area contributed by atoms with Crippen LogP contribution in [0.25, 0.3) is 22.1 Å². The highest BCUT2D eigenvalue weighted by atomic mass is 32.2. The molecule has 3 aliphatic rings. The summed E-state index contributed by atoms with van der Waals surface area (Å²) in [7, 11) is 0. The second kappa shape index (κ2) is 13.2. The normalized spacial score (nSPS) is 23.4. The number of hydrogen-bond donors (Lipinski definition) is 2. The summed E-state index contributed by atoms with van der Waals surface area (Å²) in [6, 6.07) is 23.4. The van der Waals surface area contributed by atoms with Crippen molar-refractivity contribution < 1.29 is 24.6 Å². The summed E-state index contributed by atoms with van der Waals surface area (Å²) in [6.07, 6.45) is 5.42. The highest BCUT2D eigenvalue weighted by Gasteiger charge is 2.57. The second-order valence-electron chi connectivity index (χ2n) is 13.6. The SMILES string of the molecule is CCN1C(=O)/C(=c2/s/c(=C\c3ccc(-c4ccc5c(c4)C4(C)CCCCC4(C)N5c4ccccc4)cc3)c(=O)n2C(CC(=O)O)C(=O)O)SC1=S. The quantitative estimate of drug-likeness (QED) is 0.203. The average molecular weight is 740 g/mol. The molecule has 12 heteroatoms. The number of carboxylic acids is 2. The first-order chi connectivity index (χ1) is 24.4. The second-order valence-corrected chi connectivity index (χ2v) is 16.3. The Bertz CT molecular complexity index is 2280. The van der Waals surface area contributed by atoms with E-state index >= 15 is 0 Å². The highest BCUT2D eigenvalue weighted by Crippen LogP contribution is 2.61. The molecule has 3 aromatic carbocycles. The smallest absolute Gasteiger partial charge is 0.327 e. The predicted molar refractivity (Wildman–Crippen MR) is 206 cm³/mol. The van der Waals surface area contributed by atoms with Crippen LogP contribution in [-0.2, 0) is 19.8 Å². The number of aromatic nitrogens is 1. The summed E-state index contributed by atoms with van der Waals surface area (Å²) >= 11 is 7.30. The predicted octanol–water partition coefficient (Wildman–Crippen LogP) is 6.24. The van der Waals surface area contributed by atoms with E-state index in [-0.39, 0.29) is 29.4 Å². The average Bonchev–Trinajstić information content (AvgIpc) is 3.66. The van der Waals surface area contributed by atoms with Crippen LogP contribution in [0.15, 0.2) is 77.6 Å². The van der Waals surface area contributed by atoms with Crippen molar-refractivity contribution in [2.24, 2.45) is 0 Å². The van der Waals surface area contributed by atoms with E-state index in [1.807, 2.05) is 24.3 Å². The van der Waals surface area contributed by atoms with Crippen molar-refractivity contribution in [3.05, 3.63) is 103 Å². The molecule has 0 radical (unpaired) electrons. The van der Waals surface area contributed by atoms with Gasteiger partial charge in [0, 0.05) is 23.3 Å². The molecule has 2 aliphatic heterocycles. The lowest BCUT2D eigenvalue weighted by Gasteiger charge is -2.50. The first-order valence-corrected chi connectivity index (χ1v) is 19.0. The molecule has 1 aliphatic carbocycles. The lowest BCUT2D eigenvalue weighted by atomic mass is 9.61. The molecule has 2 fully saturated rings. The van der Waals surface area contributed by atoms with Crippen molar-refractivity contribution in [2.75, 3.05) is 11.4 Å². The number of hydrogen-bond acceptors (Lipinski definition) is 8. The van der Waals surface area contributed by atoms with Crippen molar-refractivity contribution >= 4 is 79.8 Å². The van der Waals surface area contributed by atoms with Crippen LogP contribution < -0.4 is 19.7 Å². The Hall–Kier alpha value is -4.52. The van der Waals surface area contributed by atoms with Gasteiger partial charge in [-0.15, -0.1) is 11.3 Å². The standard InChI is InChI=1S/C39H37N3O6S3/c1-4-40-34(46)32(51-37(40)49)35-41(29(36(47)48)22-31(43)44)33(45)30(50-35)20-23-12-14-24(15-13-23)25-16-17-28-27(21-25)38(2)18-8-9-19-39(38,3)42(28)26-10-6-5-7-11-26/h5-7,10-17,20-21,29H,4,8-9,18-19,22H2,1-3H3,(H,43,44)(H,47,48)/b30-20-,35-32-. The number of rotatable bonds is 8. The molecule has 9 nitrogen and oxygen atoms in total. The molecular formula is C39H37N3O6S3. The van der Waals surface area contributed by atoms with E-state index in [9.17, 15) is 29.4 Å². The van der Waals surface area contributed by atoms with Crippen molar-refractivity contribution in [1.82, 2.24) is 9.47 Å². The summed E-state index contributed by atoms with van der Waals surface area (Å²) in [6.45, 7) is 6.88. The van der Waals surface area contributed by atoms with Crippen molar-refractivity contribution in [3.8, 4) is 11.1 Å². The van der Waals surface area contributed by atoms with Gasteiger partial charge in [-0.3, -0.25) is 23.9 Å². The third kappa shape index (κ3) is 5.73. The minimum atomic E-state index is -1.71. The van der Waals surface area contributed by atoms with Crippen LogP contribution in [0.1, 0.15) is 70.0 Å². The van der Waals surface area contributed by atoms with Gasteiger partial charge < -0.3 is 15.1 Å². The molecule has 1 saturated heterocycles. The third-order valence-electron chi connectivity index (χ3n) is 10.8.